The zero-order valence-electron chi connectivity index (χ0n) is 56.3. The van der Waals surface area contributed by atoms with Crippen molar-refractivity contribution >= 4 is 88.8 Å². The number of hydrogen-bond donors (Lipinski definition) is 4. The van der Waals surface area contributed by atoms with E-state index in [2.05, 4.69) is 27.8 Å². The summed E-state index contributed by atoms with van der Waals surface area (Å²) in [5, 5.41) is 14.0. The van der Waals surface area contributed by atoms with Crippen LogP contribution < -0.4 is 21.3 Å². The normalized spacial score (nSPS) is 14.8. The quantitative estimate of drug-likeness (QED) is 0.0359. The summed E-state index contributed by atoms with van der Waals surface area (Å²) in [5.74, 6) is -6.53. The van der Waals surface area contributed by atoms with Crippen molar-refractivity contribution < 1.29 is 110 Å². The van der Waals surface area contributed by atoms with Gasteiger partial charge in [0, 0.05) is 129 Å². The maximum atomic E-state index is 13.0. The summed E-state index contributed by atoms with van der Waals surface area (Å²) in [6.45, 7) is 5.34. The molecular formula is C66H102N8O23. The van der Waals surface area contributed by atoms with Crippen LogP contribution in [-0.2, 0) is 110 Å². The fourth-order valence-corrected chi connectivity index (χ4v) is 10.3. The molecule has 544 valence electrons. The van der Waals surface area contributed by atoms with Crippen LogP contribution in [0.5, 0.6) is 0 Å². The van der Waals surface area contributed by atoms with Crippen LogP contribution in [0.25, 0.3) is 0 Å². The highest BCUT2D eigenvalue weighted by Gasteiger charge is 2.37. The first kappa shape index (κ1) is 81.7. The van der Waals surface area contributed by atoms with E-state index in [4.69, 9.17) is 38.3 Å². The topological polar surface area (TPSA) is 391 Å². The number of carbonyl (C=O) groups is 15. The SMILES string of the molecule is C=C(CCCCCCCNC(=O)CCOCC(COCCC(=O)NCCCCCCCC(=O)ON1C(=O)CCC1=O)(COCCC(=O)NCCCCCCCC(=O)ON1C(=O)CCC1=O)COCCC(=O)NCCCCCCCC(=O)ON1C(=O)CCC1=O)ON1C(=O)CCC1=O. The van der Waals surface area contributed by atoms with Gasteiger partial charge < -0.3 is 59.6 Å². The number of amides is 12. The predicted molar refractivity (Wildman–Crippen MR) is 340 cm³/mol. The van der Waals surface area contributed by atoms with Gasteiger partial charge in [0.1, 0.15) is 5.76 Å². The summed E-state index contributed by atoms with van der Waals surface area (Å²) in [7, 11) is 0. The molecule has 0 aromatic carbocycles. The average Bonchev–Trinajstić information content (AvgIpc) is 1.78. The lowest BCUT2D eigenvalue weighted by molar-refractivity contribution is -0.197. The van der Waals surface area contributed by atoms with Gasteiger partial charge in [0.05, 0.1) is 58.3 Å². The molecule has 0 aliphatic carbocycles. The van der Waals surface area contributed by atoms with Gasteiger partial charge in [0.25, 0.3) is 47.3 Å². The van der Waals surface area contributed by atoms with Gasteiger partial charge in [0.15, 0.2) is 0 Å². The summed E-state index contributed by atoms with van der Waals surface area (Å²) >= 11 is 0. The fourth-order valence-electron chi connectivity index (χ4n) is 10.3. The Labute approximate surface area is 566 Å². The minimum atomic E-state index is -1.05. The Morgan fingerprint density at radius 1 is 0.289 bits per heavy atom. The second-order valence-corrected chi connectivity index (χ2v) is 24.5. The lowest BCUT2D eigenvalue weighted by Crippen LogP contribution is -2.43. The number of unbranched alkanes of at least 4 members (excludes halogenated alkanes) is 16. The number of nitrogens with one attached hydrogen (secondary N) is 4. The minimum Gasteiger partial charge on any atom is -0.380 e. The van der Waals surface area contributed by atoms with E-state index in [1.165, 1.54) is 0 Å². The van der Waals surface area contributed by atoms with Crippen molar-refractivity contribution in [1.82, 2.24) is 41.5 Å². The molecule has 31 heteroatoms. The zero-order valence-corrected chi connectivity index (χ0v) is 56.3. The number of ether oxygens (including phenoxy) is 4. The van der Waals surface area contributed by atoms with E-state index in [1.807, 2.05) is 0 Å². The Balaban J connectivity index is 1.23. The molecule has 0 radical (unpaired) electrons. The van der Waals surface area contributed by atoms with Crippen LogP contribution in [-0.4, -0.2) is 188 Å². The summed E-state index contributed by atoms with van der Waals surface area (Å²) in [4.78, 5) is 202. The van der Waals surface area contributed by atoms with Crippen LogP contribution in [0.15, 0.2) is 12.3 Å². The van der Waals surface area contributed by atoms with E-state index in [9.17, 15) is 71.9 Å². The van der Waals surface area contributed by atoms with Crippen LogP contribution in [0.1, 0.15) is 231 Å². The molecule has 0 saturated carbocycles. The van der Waals surface area contributed by atoms with E-state index >= 15 is 0 Å². The van der Waals surface area contributed by atoms with Gasteiger partial charge in [0.2, 0.25) is 23.6 Å². The molecule has 4 N–H and O–H groups in total. The summed E-state index contributed by atoms with van der Waals surface area (Å²) in [6.07, 6.45) is 15.5. The number of rotatable bonds is 57. The smallest absolute Gasteiger partial charge is 0.333 e. The second-order valence-electron chi connectivity index (χ2n) is 24.5. The molecule has 97 heavy (non-hydrogen) atoms. The van der Waals surface area contributed by atoms with E-state index in [-0.39, 0.29) is 185 Å². The van der Waals surface area contributed by atoms with E-state index < -0.39 is 58.8 Å². The summed E-state index contributed by atoms with van der Waals surface area (Å²) < 4.78 is 24.6. The highest BCUT2D eigenvalue weighted by molar-refractivity contribution is 6.03. The first-order chi connectivity index (χ1) is 46.7. The maximum absolute atomic E-state index is 13.0. The van der Waals surface area contributed by atoms with Gasteiger partial charge in [-0.3, -0.25) is 57.5 Å². The zero-order chi connectivity index (χ0) is 70.5. The molecule has 4 rings (SSSR count). The number of carbonyl (C=O) groups excluding carboxylic acids is 15. The van der Waals surface area contributed by atoms with Crippen LogP contribution in [0, 0.1) is 5.41 Å². The molecule has 0 bridgehead atoms. The van der Waals surface area contributed by atoms with Gasteiger partial charge in [-0.1, -0.05) is 83.6 Å². The van der Waals surface area contributed by atoms with E-state index in [0.717, 1.165) is 75.7 Å². The Morgan fingerprint density at radius 3 is 0.742 bits per heavy atom. The van der Waals surface area contributed by atoms with Crippen molar-refractivity contribution in [2.75, 3.05) is 79.0 Å². The molecule has 4 aliphatic rings. The fraction of sp³-hybridized carbons (Fsp3) is 0.742. The third kappa shape index (κ3) is 35.3. The third-order valence-corrected chi connectivity index (χ3v) is 15.9. The van der Waals surface area contributed by atoms with Crippen LogP contribution >= 0.6 is 0 Å². The average molecular weight is 1380 g/mol. The molecule has 0 spiro atoms. The summed E-state index contributed by atoms with van der Waals surface area (Å²) in [5.41, 5.74) is -1.05. The van der Waals surface area contributed by atoms with Crippen molar-refractivity contribution in [2.24, 2.45) is 5.41 Å². The minimum absolute atomic E-state index is 0.00349. The molecule has 4 aliphatic heterocycles. The predicted octanol–water partition coefficient (Wildman–Crippen LogP) is 4.84. The van der Waals surface area contributed by atoms with Crippen LogP contribution in [0.3, 0.4) is 0 Å². The first-order valence-corrected chi connectivity index (χ1v) is 34.5. The largest absolute Gasteiger partial charge is 0.380 e. The van der Waals surface area contributed by atoms with Crippen molar-refractivity contribution in [3.05, 3.63) is 12.3 Å². The molecule has 0 unspecified atom stereocenters. The Bertz CT molecular complexity index is 2220. The monoisotopic (exact) mass is 1370 g/mol. The van der Waals surface area contributed by atoms with Crippen LogP contribution in [0.4, 0.5) is 0 Å². The number of imide groups is 4. The van der Waals surface area contributed by atoms with Gasteiger partial charge in [-0.2, -0.15) is 0 Å². The van der Waals surface area contributed by atoms with E-state index in [0.29, 0.717) is 111 Å². The molecule has 4 saturated heterocycles. The van der Waals surface area contributed by atoms with Crippen molar-refractivity contribution in [3.8, 4) is 0 Å². The Hall–Kier alpha value is -7.77. The second kappa shape index (κ2) is 48.0. The van der Waals surface area contributed by atoms with Crippen molar-refractivity contribution in [2.45, 2.75) is 231 Å². The highest BCUT2D eigenvalue weighted by atomic mass is 16.7. The lowest BCUT2D eigenvalue weighted by atomic mass is 9.92. The molecular weight excluding hydrogens is 1270 g/mol. The molecule has 0 atom stereocenters. The standard InChI is InChI=1S/C66H102N8O23/c1-50(94-71-55(79)26-27-56(71)80)22-14-6-2-10-18-38-67-51(75)34-42-90-46-66(47-91-43-35-52(76)68-39-19-11-3-7-15-23-63(87)95-72-57(81)28-29-58(72)82,48-92-44-36-53(77)69-40-20-12-4-8-16-24-64(88)96-73-59(83)30-31-60(73)84)49-93-45-37-54(78)70-41-21-13-5-9-17-25-65(89)97-74-61(85)32-33-62(74)86/h1-49H2,(H,67,75)(H,68,76)(H,69,77)(H,70,78). The lowest BCUT2D eigenvalue weighted by Gasteiger charge is -2.33. The molecule has 4 fully saturated rings. The molecule has 4 heterocycles. The first-order valence-electron chi connectivity index (χ1n) is 34.5. The number of allylic oxidation sites excluding steroid dienone is 1. The van der Waals surface area contributed by atoms with Gasteiger partial charge in [-0.25, -0.2) is 14.4 Å². The van der Waals surface area contributed by atoms with Crippen LogP contribution in [0.2, 0.25) is 0 Å². The third-order valence-electron chi connectivity index (χ3n) is 15.9. The molecule has 0 aromatic heterocycles. The molecule has 0 aromatic rings. The van der Waals surface area contributed by atoms with E-state index in [1.54, 1.807) is 0 Å². The molecule has 12 amide bonds. The number of nitrogens with zero attached hydrogens (tertiary/aromatic N) is 4. The van der Waals surface area contributed by atoms with Crippen molar-refractivity contribution in [3.63, 3.8) is 0 Å². The summed E-state index contributed by atoms with van der Waals surface area (Å²) in [6, 6.07) is 0. The van der Waals surface area contributed by atoms with Crippen molar-refractivity contribution in [1.29, 1.82) is 0 Å². The number of hydrogen-bond acceptors (Lipinski definition) is 23. The highest BCUT2D eigenvalue weighted by Crippen LogP contribution is 2.24. The van der Waals surface area contributed by atoms with Gasteiger partial charge >= 0.3 is 17.9 Å². The Kier molecular flexibility index (Phi) is 40.4. The number of hydroxylamine groups is 8. The molecule has 31 nitrogen and oxygen atoms in total. The van der Waals surface area contributed by atoms with Gasteiger partial charge in [-0.05, 0) is 51.4 Å². The van der Waals surface area contributed by atoms with Gasteiger partial charge in [-0.15, -0.1) is 20.3 Å². The Morgan fingerprint density at radius 2 is 0.495 bits per heavy atom. The maximum Gasteiger partial charge on any atom is 0.333 e.